The fraction of sp³-hybridized carbons (Fsp3) is 0.222. The Labute approximate surface area is 206 Å². The molecule has 0 bridgehead atoms. The average Bonchev–Trinajstić information content (AvgIpc) is 3.27. The molecule has 0 atom stereocenters. The highest BCUT2D eigenvalue weighted by Gasteiger charge is 2.30. The van der Waals surface area contributed by atoms with E-state index in [-0.39, 0.29) is 11.6 Å². The molecular weight excluding hydrogens is 469 g/mol. The number of nitrogens with one attached hydrogen (secondary N) is 1. The Balaban J connectivity index is 1.62. The molecule has 3 aromatic carbocycles. The third-order valence-corrected chi connectivity index (χ3v) is 5.27. The Kier molecular flexibility index (Phi) is 7.10. The van der Waals surface area contributed by atoms with Gasteiger partial charge in [0.05, 0.1) is 17.9 Å². The highest BCUT2D eigenvalue weighted by Crippen LogP contribution is 2.29. The lowest BCUT2D eigenvalue weighted by molar-refractivity contribution is -0.137. The van der Waals surface area contributed by atoms with Crippen LogP contribution in [-0.2, 0) is 6.18 Å². The van der Waals surface area contributed by atoms with Crippen LogP contribution >= 0.6 is 0 Å². The Morgan fingerprint density at radius 1 is 1.03 bits per heavy atom. The summed E-state index contributed by atoms with van der Waals surface area (Å²) in [7, 11) is 0. The van der Waals surface area contributed by atoms with Crippen molar-refractivity contribution in [1.82, 2.24) is 14.8 Å². The minimum Gasteiger partial charge on any atom is -0.462 e. The lowest BCUT2D eigenvalue weighted by Crippen LogP contribution is -2.13. The number of amides is 1. The molecule has 0 spiro atoms. The van der Waals surface area contributed by atoms with Crippen molar-refractivity contribution in [2.75, 3.05) is 11.9 Å². The van der Waals surface area contributed by atoms with Crippen LogP contribution < -0.4 is 10.1 Å². The quantitative estimate of drug-likeness (QED) is 0.316. The standard InChI is InChI=1S/C27H25F3N4O2/c1-17(2)16-36-26-32-24(19-9-7-18(3)8-10-19)34(33-26)23-6-4-5-22(15-23)31-25(35)20-11-13-21(14-12-20)27(28,29)30/h4-15,17H,16H2,1-3H3,(H,31,35). The number of aryl methyl sites for hydroxylation is 1. The van der Waals surface area contributed by atoms with Gasteiger partial charge in [0.1, 0.15) is 0 Å². The van der Waals surface area contributed by atoms with Gasteiger partial charge in [-0.3, -0.25) is 4.79 Å². The molecule has 1 heterocycles. The molecule has 6 nitrogen and oxygen atoms in total. The Bertz CT molecular complexity index is 1340. The second kappa shape index (κ2) is 10.2. The molecule has 9 heteroatoms. The van der Waals surface area contributed by atoms with Crippen molar-refractivity contribution in [2.45, 2.75) is 26.9 Å². The van der Waals surface area contributed by atoms with E-state index in [4.69, 9.17) is 4.74 Å². The van der Waals surface area contributed by atoms with Gasteiger partial charge in [-0.05, 0) is 55.3 Å². The third-order valence-electron chi connectivity index (χ3n) is 5.27. The normalized spacial score (nSPS) is 11.5. The highest BCUT2D eigenvalue weighted by atomic mass is 19.4. The van der Waals surface area contributed by atoms with Crippen molar-refractivity contribution in [3.8, 4) is 23.1 Å². The maximum absolute atomic E-state index is 12.8. The van der Waals surface area contributed by atoms with Crippen LogP contribution in [-0.4, -0.2) is 27.3 Å². The number of ether oxygens (including phenoxy) is 1. The molecule has 0 saturated heterocycles. The fourth-order valence-corrected chi connectivity index (χ4v) is 3.39. The Hall–Kier alpha value is -4.14. The number of anilines is 1. The van der Waals surface area contributed by atoms with E-state index in [1.807, 2.05) is 51.1 Å². The molecule has 0 saturated carbocycles. The molecular formula is C27H25F3N4O2. The van der Waals surface area contributed by atoms with Crippen LogP contribution in [0.4, 0.5) is 18.9 Å². The van der Waals surface area contributed by atoms with E-state index in [1.54, 1.807) is 22.9 Å². The number of benzene rings is 3. The zero-order chi connectivity index (χ0) is 25.9. The van der Waals surface area contributed by atoms with Crippen molar-refractivity contribution in [2.24, 2.45) is 5.92 Å². The van der Waals surface area contributed by atoms with Gasteiger partial charge in [-0.25, -0.2) is 4.68 Å². The number of rotatable bonds is 7. The summed E-state index contributed by atoms with van der Waals surface area (Å²) in [5, 5.41) is 7.25. The number of carbonyl (C=O) groups excluding carboxylic acids is 1. The van der Waals surface area contributed by atoms with E-state index >= 15 is 0 Å². The largest absolute Gasteiger partial charge is 0.462 e. The number of hydrogen-bond acceptors (Lipinski definition) is 4. The maximum Gasteiger partial charge on any atom is 0.416 e. The molecule has 186 valence electrons. The molecule has 4 aromatic rings. The predicted molar refractivity (Wildman–Crippen MR) is 131 cm³/mol. The van der Waals surface area contributed by atoms with E-state index in [1.165, 1.54) is 0 Å². The SMILES string of the molecule is Cc1ccc(-c2nc(OCC(C)C)nn2-c2cccc(NC(=O)c3ccc(C(F)(F)F)cc3)c2)cc1. The first kappa shape index (κ1) is 25.0. The number of nitrogens with zero attached hydrogens (tertiary/aromatic N) is 3. The van der Waals surface area contributed by atoms with E-state index in [0.717, 1.165) is 35.4 Å². The zero-order valence-corrected chi connectivity index (χ0v) is 20.0. The van der Waals surface area contributed by atoms with Gasteiger partial charge < -0.3 is 10.1 Å². The van der Waals surface area contributed by atoms with Gasteiger partial charge in [0.25, 0.3) is 5.91 Å². The smallest absolute Gasteiger partial charge is 0.416 e. The monoisotopic (exact) mass is 494 g/mol. The predicted octanol–water partition coefficient (Wildman–Crippen LogP) is 6.55. The fourth-order valence-electron chi connectivity index (χ4n) is 3.39. The summed E-state index contributed by atoms with van der Waals surface area (Å²) < 4.78 is 45.8. The Morgan fingerprint density at radius 2 is 1.72 bits per heavy atom. The summed E-state index contributed by atoms with van der Waals surface area (Å²) in [5.74, 6) is 0.336. The maximum atomic E-state index is 12.8. The van der Waals surface area contributed by atoms with Crippen LogP contribution in [0.15, 0.2) is 72.8 Å². The summed E-state index contributed by atoms with van der Waals surface area (Å²) in [5.41, 5.74) is 2.32. The van der Waals surface area contributed by atoms with Gasteiger partial charge >= 0.3 is 12.2 Å². The van der Waals surface area contributed by atoms with Gasteiger partial charge in [-0.15, -0.1) is 5.10 Å². The number of aromatic nitrogens is 3. The number of alkyl halides is 3. The van der Waals surface area contributed by atoms with Crippen molar-refractivity contribution >= 4 is 11.6 Å². The molecule has 4 rings (SSSR count). The van der Waals surface area contributed by atoms with Crippen LogP contribution in [0.5, 0.6) is 6.01 Å². The van der Waals surface area contributed by atoms with E-state index in [2.05, 4.69) is 15.4 Å². The molecule has 1 aromatic heterocycles. The second-order valence-corrected chi connectivity index (χ2v) is 8.78. The average molecular weight is 495 g/mol. The topological polar surface area (TPSA) is 69.0 Å². The Morgan fingerprint density at radius 3 is 2.36 bits per heavy atom. The lowest BCUT2D eigenvalue weighted by atomic mass is 10.1. The van der Waals surface area contributed by atoms with Gasteiger partial charge in [-0.2, -0.15) is 18.2 Å². The van der Waals surface area contributed by atoms with Gasteiger partial charge in [-0.1, -0.05) is 49.7 Å². The number of halogens is 3. The van der Waals surface area contributed by atoms with E-state index in [9.17, 15) is 18.0 Å². The number of hydrogen-bond donors (Lipinski definition) is 1. The molecule has 0 fully saturated rings. The molecule has 0 aliphatic carbocycles. The zero-order valence-electron chi connectivity index (χ0n) is 20.0. The first-order chi connectivity index (χ1) is 17.1. The molecule has 0 unspecified atom stereocenters. The lowest BCUT2D eigenvalue weighted by Gasteiger charge is -2.10. The van der Waals surface area contributed by atoms with E-state index in [0.29, 0.717) is 29.7 Å². The van der Waals surface area contributed by atoms with Gasteiger partial charge in [0.2, 0.25) is 0 Å². The third kappa shape index (κ3) is 5.91. The minimum absolute atomic E-state index is 0.110. The molecule has 0 aliphatic heterocycles. The van der Waals surface area contributed by atoms with Gasteiger partial charge in [0.15, 0.2) is 5.82 Å². The van der Waals surface area contributed by atoms with Gasteiger partial charge in [0, 0.05) is 16.8 Å². The van der Waals surface area contributed by atoms with Crippen molar-refractivity contribution in [3.63, 3.8) is 0 Å². The molecule has 36 heavy (non-hydrogen) atoms. The summed E-state index contributed by atoms with van der Waals surface area (Å²) in [6.45, 7) is 6.51. The first-order valence-electron chi connectivity index (χ1n) is 11.4. The first-order valence-corrected chi connectivity index (χ1v) is 11.4. The van der Waals surface area contributed by atoms with Crippen molar-refractivity contribution < 1.29 is 22.7 Å². The van der Waals surface area contributed by atoms with Crippen LogP contribution in [0.1, 0.15) is 35.3 Å². The highest BCUT2D eigenvalue weighted by molar-refractivity contribution is 6.04. The van der Waals surface area contributed by atoms with Crippen molar-refractivity contribution in [3.05, 3.63) is 89.5 Å². The van der Waals surface area contributed by atoms with Crippen molar-refractivity contribution in [1.29, 1.82) is 0 Å². The summed E-state index contributed by atoms with van der Waals surface area (Å²) in [4.78, 5) is 17.2. The van der Waals surface area contributed by atoms with Crippen LogP contribution in [0, 0.1) is 12.8 Å². The van der Waals surface area contributed by atoms with Crippen LogP contribution in [0.25, 0.3) is 17.1 Å². The minimum atomic E-state index is -4.46. The number of carbonyl (C=O) groups is 1. The van der Waals surface area contributed by atoms with E-state index < -0.39 is 17.6 Å². The molecule has 1 amide bonds. The summed E-state index contributed by atoms with van der Waals surface area (Å²) in [6, 6.07) is 19.1. The molecule has 1 N–H and O–H groups in total. The molecule has 0 aliphatic rings. The van der Waals surface area contributed by atoms with Crippen LogP contribution in [0.3, 0.4) is 0 Å². The van der Waals surface area contributed by atoms with Crippen LogP contribution in [0.2, 0.25) is 0 Å². The molecule has 0 radical (unpaired) electrons. The second-order valence-electron chi connectivity index (χ2n) is 8.78. The summed E-state index contributed by atoms with van der Waals surface area (Å²) >= 11 is 0. The summed E-state index contributed by atoms with van der Waals surface area (Å²) in [6.07, 6.45) is -4.46.